The smallest absolute Gasteiger partial charge is 0.249 e. The Hall–Kier alpha value is -2.70. The number of aryl methyl sites for hydroxylation is 1. The highest BCUT2D eigenvalue weighted by Gasteiger charge is 2.19. The monoisotopic (exact) mass is 394 g/mol. The SMILES string of the molecule is Cc1ccc(Cl)cc1Nc1nncc(N2CCN(Cc3ccccc3)CC2)n1. The minimum Gasteiger partial charge on any atom is -0.353 e. The molecule has 1 fully saturated rings. The first-order valence-corrected chi connectivity index (χ1v) is 9.79. The van der Waals surface area contributed by atoms with Crippen molar-refractivity contribution in [1.82, 2.24) is 20.1 Å². The number of aromatic nitrogens is 3. The maximum atomic E-state index is 6.10. The second-order valence-electron chi connectivity index (χ2n) is 6.97. The molecule has 0 saturated carbocycles. The van der Waals surface area contributed by atoms with E-state index in [0.29, 0.717) is 11.0 Å². The number of benzene rings is 2. The summed E-state index contributed by atoms with van der Waals surface area (Å²) in [6.45, 7) is 6.83. The Bertz CT molecular complexity index is 925. The molecule has 1 saturated heterocycles. The Labute approximate surface area is 170 Å². The Morgan fingerprint density at radius 2 is 1.82 bits per heavy atom. The Morgan fingerprint density at radius 1 is 1.04 bits per heavy atom. The van der Waals surface area contributed by atoms with Crippen LogP contribution in [0.2, 0.25) is 5.02 Å². The van der Waals surface area contributed by atoms with Crippen LogP contribution in [0.1, 0.15) is 11.1 Å². The van der Waals surface area contributed by atoms with Gasteiger partial charge in [0.2, 0.25) is 5.95 Å². The van der Waals surface area contributed by atoms with Crippen LogP contribution < -0.4 is 10.2 Å². The molecule has 1 aromatic heterocycles. The van der Waals surface area contributed by atoms with Gasteiger partial charge in [-0.05, 0) is 30.2 Å². The average molecular weight is 395 g/mol. The fraction of sp³-hybridized carbons (Fsp3) is 0.286. The van der Waals surface area contributed by atoms with Gasteiger partial charge < -0.3 is 10.2 Å². The third-order valence-corrected chi connectivity index (χ3v) is 5.17. The zero-order chi connectivity index (χ0) is 19.3. The normalized spacial score (nSPS) is 14.9. The summed E-state index contributed by atoms with van der Waals surface area (Å²) in [6, 6.07) is 16.3. The van der Waals surface area contributed by atoms with Crippen LogP contribution in [0.3, 0.4) is 0 Å². The lowest BCUT2D eigenvalue weighted by Gasteiger charge is -2.35. The van der Waals surface area contributed by atoms with Gasteiger partial charge in [-0.2, -0.15) is 10.1 Å². The molecule has 1 aliphatic heterocycles. The lowest BCUT2D eigenvalue weighted by molar-refractivity contribution is 0.249. The molecule has 6 nitrogen and oxygen atoms in total. The highest BCUT2D eigenvalue weighted by atomic mass is 35.5. The number of piperazine rings is 1. The summed E-state index contributed by atoms with van der Waals surface area (Å²) in [5.74, 6) is 1.33. The van der Waals surface area contributed by atoms with Crippen LogP contribution in [-0.2, 0) is 6.54 Å². The maximum absolute atomic E-state index is 6.10. The molecule has 1 N–H and O–H groups in total. The maximum Gasteiger partial charge on any atom is 0.249 e. The van der Waals surface area contributed by atoms with Gasteiger partial charge in [0.25, 0.3) is 0 Å². The van der Waals surface area contributed by atoms with Crippen molar-refractivity contribution in [2.45, 2.75) is 13.5 Å². The first-order chi connectivity index (χ1) is 13.7. The van der Waals surface area contributed by atoms with E-state index in [0.717, 1.165) is 49.8 Å². The molecular weight excluding hydrogens is 372 g/mol. The Balaban J connectivity index is 1.39. The number of hydrogen-bond donors (Lipinski definition) is 1. The highest BCUT2D eigenvalue weighted by molar-refractivity contribution is 6.30. The van der Waals surface area contributed by atoms with Gasteiger partial charge in [-0.25, -0.2) is 0 Å². The van der Waals surface area contributed by atoms with Gasteiger partial charge in [-0.3, -0.25) is 4.90 Å². The van der Waals surface area contributed by atoms with E-state index in [9.17, 15) is 0 Å². The molecule has 0 amide bonds. The molecule has 0 bridgehead atoms. The van der Waals surface area contributed by atoms with Crippen LogP contribution in [-0.4, -0.2) is 46.3 Å². The molecule has 2 heterocycles. The number of hydrogen-bond acceptors (Lipinski definition) is 6. The number of nitrogens with one attached hydrogen (secondary N) is 1. The van der Waals surface area contributed by atoms with Crippen LogP contribution in [0.15, 0.2) is 54.7 Å². The van der Waals surface area contributed by atoms with Crippen LogP contribution >= 0.6 is 11.6 Å². The van der Waals surface area contributed by atoms with Crippen molar-refractivity contribution in [3.05, 3.63) is 70.9 Å². The topological polar surface area (TPSA) is 57.2 Å². The molecule has 4 rings (SSSR count). The molecule has 0 spiro atoms. The van der Waals surface area contributed by atoms with Gasteiger partial charge in [0.15, 0.2) is 5.82 Å². The van der Waals surface area contributed by atoms with Crippen molar-refractivity contribution in [1.29, 1.82) is 0 Å². The predicted octanol–water partition coefficient (Wildman–Crippen LogP) is 3.90. The van der Waals surface area contributed by atoms with Crippen molar-refractivity contribution >= 4 is 29.1 Å². The van der Waals surface area contributed by atoms with E-state index in [1.54, 1.807) is 6.20 Å². The summed E-state index contributed by atoms with van der Waals surface area (Å²) >= 11 is 6.10. The van der Waals surface area contributed by atoms with Gasteiger partial charge in [-0.1, -0.05) is 48.0 Å². The van der Waals surface area contributed by atoms with Gasteiger partial charge >= 0.3 is 0 Å². The first kappa shape index (κ1) is 18.7. The minimum absolute atomic E-state index is 0.481. The van der Waals surface area contributed by atoms with Crippen molar-refractivity contribution in [2.75, 3.05) is 36.4 Å². The number of nitrogens with zero attached hydrogens (tertiary/aromatic N) is 5. The standard InChI is InChI=1S/C21H23ClN6/c1-16-7-8-18(22)13-19(16)24-21-25-20(14-23-26-21)28-11-9-27(10-12-28)15-17-5-3-2-4-6-17/h2-8,13-14H,9-12,15H2,1H3,(H,24,25,26). The molecule has 0 atom stereocenters. The van der Waals surface area contributed by atoms with Crippen molar-refractivity contribution in [3.63, 3.8) is 0 Å². The lowest BCUT2D eigenvalue weighted by Crippen LogP contribution is -2.46. The quantitative estimate of drug-likeness (QED) is 0.708. The zero-order valence-electron chi connectivity index (χ0n) is 15.8. The first-order valence-electron chi connectivity index (χ1n) is 9.41. The summed E-state index contributed by atoms with van der Waals surface area (Å²) in [5, 5.41) is 12.2. The molecule has 1 aliphatic rings. The fourth-order valence-electron chi connectivity index (χ4n) is 3.33. The average Bonchev–Trinajstić information content (AvgIpc) is 2.72. The molecule has 2 aromatic carbocycles. The summed E-state index contributed by atoms with van der Waals surface area (Å²) in [6.07, 6.45) is 1.73. The van der Waals surface area contributed by atoms with Crippen LogP contribution in [0.5, 0.6) is 0 Å². The molecule has 144 valence electrons. The van der Waals surface area contributed by atoms with Crippen molar-refractivity contribution in [2.24, 2.45) is 0 Å². The van der Waals surface area contributed by atoms with Gasteiger partial charge in [0.05, 0.1) is 6.20 Å². The zero-order valence-corrected chi connectivity index (χ0v) is 16.6. The second-order valence-corrected chi connectivity index (χ2v) is 7.41. The molecule has 0 unspecified atom stereocenters. The summed E-state index contributed by atoms with van der Waals surface area (Å²) in [4.78, 5) is 9.37. The largest absolute Gasteiger partial charge is 0.353 e. The van der Waals surface area contributed by atoms with Gasteiger partial charge in [0, 0.05) is 43.4 Å². The fourth-order valence-corrected chi connectivity index (χ4v) is 3.50. The van der Waals surface area contributed by atoms with E-state index < -0.39 is 0 Å². The predicted molar refractivity (Wildman–Crippen MR) is 113 cm³/mol. The van der Waals surface area contributed by atoms with E-state index in [1.807, 2.05) is 25.1 Å². The molecular formula is C21H23ClN6. The molecule has 3 aromatic rings. The number of halogens is 1. The van der Waals surface area contributed by atoms with Gasteiger partial charge in [0.1, 0.15) is 0 Å². The summed E-state index contributed by atoms with van der Waals surface area (Å²) < 4.78 is 0. The molecule has 0 aliphatic carbocycles. The van der Waals surface area contributed by atoms with E-state index in [2.05, 4.69) is 60.6 Å². The van der Waals surface area contributed by atoms with Crippen LogP contribution in [0.4, 0.5) is 17.5 Å². The van der Waals surface area contributed by atoms with Crippen molar-refractivity contribution in [3.8, 4) is 0 Å². The number of anilines is 3. The van der Waals surface area contributed by atoms with E-state index in [-0.39, 0.29) is 0 Å². The minimum atomic E-state index is 0.481. The Kier molecular flexibility index (Phi) is 5.69. The molecule has 28 heavy (non-hydrogen) atoms. The van der Waals surface area contributed by atoms with E-state index in [1.165, 1.54) is 5.56 Å². The van der Waals surface area contributed by atoms with E-state index in [4.69, 9.17) is 11.6 Å². The van der Waals surface area contributed by atoms with Gasteiger partial charge in [-0.15, -0.1) is 5.10 Å². The molecule has 7 heteroatoms. The third-order valence-electron chi connectivity index (χ3n) is 4.94. The second kappa shape index (κ2) is 8.54. The summed E-state index contributed by atoms with van der Waals surface area (Å²) in [5.41, 5.74) is 3.31. The van der Waals surface area contributed by atoms with Crippen LogP contribution in [0.25, 0.3) is 0 Å². The summed E-state index contributed by atoms with van der Waals surface area (Å²) in [7, 11) is 0. The third kappa shape index (κ3) is 4.58. The Morgan fingerprint density at radius 3 is 2.61 bits per heavy atom. The molecule has 0 radical (unpaired) electrons. The number of rotatable bonds is 5. The highest BCUT2D eigenvalue weighted by Crippen LogP contribution is 2.23. The lowest BCUT2D eigenvalue weighted by atomic mass is 10.2. The van der Waals surface area contributed by atoms with Crippen LogP contribution in [0, 0.1) is 6.92 Å². The van der Waals surface area contributed by atoms with E-state index >= 15 is 0 Å². The van der Waals surface area contributed by atoms with Crippen molar-refractivity contribution < 1.29 is 0 Å².